The van der Waals surface area contributed by atoms with Gasteiger partial charge in [0.25, 0.3) is 0 Å². The highest BCUT2D eigenvalue weighted by atomic mass is 35.5. The Kier molecular flexibility index (Phi) is 3.35. The van der Waals surface area contributed by atoms with Gasteiger partial charge in [0.2, 0.25) is 0 Å². The van der Waals surface area contributed by atoms with E-state index in [2.05, 4.69) is 10.1 Å². The molecule has 0 saturated carbocycles. The second-order valence-corrected chi connectivity index (χ2v) is 5.01. The highest BCUT2D eigenvalue weighted by molar-refractivity contribution is 6.33. The van der Waals surface area contributed by atoms with E-state index in [4.69, 9.17) is 17.3 Å². The van der Waals surface area contributed by atoms with Crippen LogP contribution in [0.25, 0.3) is 22.4 Å². The summed E-state index contributed by atoms with van der Waals surface area (Å²) < 4.78 is 15.0. The van der Waals surface area contributed by atoms with Crippen LogP contribution in [-0.4, -0.2) is 14.8 Å². The maximum absolute atomic E-state index is 13.4. The van der Waals surface area contributed by atoms with Gasteiger partial charge in [0, 0.05) is 29.4 Å². The molecule has 0 atom stereocenters. The fraction of sp³-hybridized carbons (Fsp3) is 0.0667. The van der Waals surface area contributed by atoms with Gasteiger partial charge in [0.1, 0.15) is 17.3 Å². The van der Waals surface area contributed by atoms with Gasteiger partial charge in [-0.25, -0.2) is 4.39 Å². The maximum atomic E-state index is 13.4. The monoisotopic (exact) mass is 302 g/mol. The Balaban J connectivity index is 2.29. The summed E-state index contributed by atoms with van der Waals surface area (Å²) in [6.45, 7) is 0. The number of pyridine rings is 1. The Morgan fingerprint density at radius 3 is 2.71 bits per heavy atom. The molecule has 0 spiro atoms. The highest BCUT2D eigenvalue weighted by Gasteiger charge is 2.19. The summed E-state index contributed by atoms with van der Waals surface area (Å²) in [5, 5.41) is 4.92. The Labute approximate surface area is 126 Å². The van der Waals surface area contributed by atoms with Crippen molar-refractivity contribution in [2.45, 2.75) is 0 Å². The molecule has 0 radical (unpaired) electrons. The molecule has 21 heavy (non-hydrogen) atoms. The zero-order valence-electron chi connectivity index (χ0n) is 11.2. The predicted molar refractivity (Wildman–Crippen MR) is 81.3 cm³/mol. The molecule has 106 valence electrons. The number of hydrogen-bond donors (Lipinski definition) is 1. The van der Waals surface area contributed by atoms with Crippen LogP contribution in [0.1, 0.15) is 0 Å². The lowest BCUT2D eigenvalue weighted by Gasteiger charge is -2.06. The summed E-state index contributed by atoms with van der Waals surface area (Å²) in [4.78, 5) is 3.86. The lowest BCUT2D eigenvalue weighted by Crippen LogP contribution is -1.98. The minimum absolute atomic E-state index is 0.429. The number of nitrogens with two attached hydrogens (primary N) is 1. The Morgan fingerprint density at radius 2 is 2.00 bits per heavy atom. The smallest absolute Gasteiger partial charge is 0.142 e. The molecule has 0 unspecified atom stereocenters. The Hall–Kier alpha value is -2.40. The van der Waals surface area contributed by atoms with Gasteiger partial charge < -0.3 is 5.73 Å². The minimum Gasteiger partial charge on any atom is -0.383 e. The molecule has 0 fully saturated rings. The molecule has 0 amide bonds. The van der Waals surface area contributed by atoms with E-state index in [1.807, 2.05) is 18.2 Å². The van der Waals surface area contributed by atoms with Crippen molar-refractivity contribution in [2.24, 2.45) is 7.05 Å². The molecule has 0 aliphatic heterocycles. The summed E-state index contributed by atoms with van der Waals surface area (Å²) in [5.74, 6) is 0.0317. The quantitative estimate of drug-likeness (QED) is 0.788. The number of aryl methyl sites for hydroxylation is 1. The van der Waals surface area contributed by atoms with E-state index in [1.165, 1.54) is 6.07 Å². The first kappa shape index (κ1) is 13.6. The van der Waals surface area contributed by atoms with Crippen LogP contribution in [0.15, 0.2) is 42.7 Å². The van der Waals surface area contributed by atoms with Crippen molar-refractivity contribution >= 4 is 17.4 Å². The van der Waals surface area contributed by atoms with Crippen LogP contribution in [-0.2, 0) is 7.05 Å². The fourth-order valence-electron chi connectivity index (χ4n) is 2.21. The van der Waals surface area contributed by atoms with Crippen molar-refractivity contribution in [2.75, 3.05) is 5.73 Å². The summed E-state index contributed by atoms with van der Waals surface area (Å²) in [5.41, 5.74) is 8.64. The van der Waals surface area contributed by atoms with Crippen LogP contribution >= 0.6 is 11.6 Å². The number of halogens is 2. The van der Waals surface area contributed by atoms with E-state index >= 15 is 0 Å². The van der Waals surface area contributed by atoms with Crippen LogP contribution in [0.2, 0.25) is 5.02 Å². The molecule has 0 saturated heterocycles. The van der Waals surface area contributed by atoms with Crippen molar-refractivity contribution in [3.8, 4) is 22.4 Å². The molecule has 0 aliphatic carbocycles. The molecule has 1 aromatic carbocycles. The van der Waals surface area contributed by atoms with Crippen LogP contribution < -0.4 is 5.73 Å². The number of nitrogens with zero attached hydrogens (tertiary/aromatic N) is 3. The second-order valence-electron chi connectivity index (χ2n) is 4.60. The zero-order chi connectivity index (χ0) is 15.0. The summed E-state index contributed by atoms with van der Waals surface area (Å²) in [6, 6.07) is 8.70. The third-order valence-electron chi connectivity index (χ3n) is 3.21. The second kappa shape index (κ2) is 5.18. The maximum Gasteiger partial charge on any atom is 0.142 e. The van der Waals surface area contributed by atoms with Crippen LogP contribution in [0, 0.1) is 5.82 Å². The molecular weight excluding hydrogens is 291 g/mol. The number of aromatic nitrogens is 3. The van der Waals surface area contributed by atoms with E-state index in [0.29, 0.717) is 27.7 Å². The number of rotatable bonds is 2. The summed E-state index contributed by atoms with van der Waals surface area (Å²) in [6.07, 6.45) is 2.69. The molecule has 2 aromatic heterocycles. The number of anilines is 1. The lowest BCUT2D eigenvalue weighted by atomic mass is 10.0. The first-order valence-corrected chi connectivity index (χ1v) is 6.64. The van der Waals surface area contributed by atoms with Gasteiger partial charge in [0.15, 0.2) is 0 Å². The average molecular weight is 303 g/mol. The van der Waals surface area contributed by atoms with Gasteiger partial charge in [0.05, 0.1) is 11.8 Å². The van der Waals surface area contributed by atoms with Gasteiger partial charge in [-0.05, 0) is 12.1 Å². The number of nitrogen functional groups attached to an aromatic ring is 1. The van der Waals surface area contributed by atoms with E-state index in [0.717, 1.165) is 11.8 Å². The van der Waals surface area contributed by atoms with Crippen LogP contribution in [0.4, 0.5) is 10.2 Å². The van der Waals surface area contributed by atoms with Gasteiger partial charge in [-0.2, -0.15) is 5.10 Å². The van der Waals surface area contributed by atoms with Gasteiger partial charge in [-0.3, -0.25) is 9.67 Å². The number of benzene rings is 1. The van der Waals surface area contributed by atoms with E-state index in [9.17, 15) is 4.39 Å². The largest absolute Gasteiger partial charge is 0.383 e. The zero-order valence-corrected chi connectivity index (χ0v) is 12.0. The molecule has 3 rings (SSSR count). The molecule has 2 N–H and O–H groups in total. The standard InChI is InChI=1S/C15H12ClFN4/c1-21-15(18)13(11-4-2-3-5-12(11)16)14(20-21)9-6-10(17)8-19-7-9/h2-8H,18H2,1H3. The van der Waals surface area contributed by atoms with E-state index in [1.54, 1.807) is 24.0 Å². The molecule has 0 aliphatic rings. The third kappa shape index (κ3) is 2.36. The van der Waals surface area contributed by atoms with E-state index in [-0.39, 0.29) is 0 Å². The van der Waals surface area contributed by atoms with Crippen molar-refractivity contribution < 1.29 is 4.39 Å². The summed E-state index contributed by atoms with van der Waals surface area (Å²) in [7, 11) is 1.73. The first-order chi connectivity index (χ1) is 10.1. The van der Waals surface area contributed by atoms with E-state index < -0.39 is 5.82 Å². The molecule has 6 heteroatoms. The van der Waals surface area contributed by atoms with Crippen molar-refractivity contribution in [3.05, 3.63) is 53.6 Å². The van der Waals surface area contributed by atoms with Crippen molar-refractivity contribution in [3.63, 3.8) is 0 Å². The first-order valence-electron chi connectivity index (χ1n) is 6.26. The highest BCUT2D eigenvalue weighted by Crippen LogP contribution is 2.39. The molecular formula is C15H12ClFN4. The number of hydrogen-bond acceptors (Lipinski definition) is 3. The van der Waals surface area contributed by atoms with Gasteiger partial charge in [-0.1, -0.05) is 29.8 Å². The fourth-order valence-corrected chi connectivity index (χ4v) is 2.44. The lowest BCUT2D eigenvalue weighted by molar-refractivity contribution is 0.622. The molecule has 0 bridgehead atoms. The third-order valence-corrected chi connectivity index (χ3v) is 3.54. The molecule has 4 nitrogen and oxygen atoms in total. The van der Waals surface area contributed by atoms with Gasteiger partial charge in [-0.15, -0.1) is 0 Å². The average Bonchev–Trinajstić information content (AvgIpc) is 2.76. The SMILES string of the molecule is Cn1nc(-c2cncc(F)c2)c(-c2ccccc2Cl)c1N. The Morgan fingerprint density at radius 1 is 1.24 bits per heavy atom. The normalized spacial score (nSPS) is 10.8. The van der Waals surface area contributed by atoms with Crippen molar-refractivity contribution in [1.29, 1.82) is 0 Å². The molecule has 3 aromatic rings. The predicted octanol–water partition coefficient (Wildman–Crippen LogP) is 3.52. The minimum atomic E-state index is -0.429. The van der Waals surface area contributed by atoms with Crippen molar-refractivity contribution in [1.82, 2.24) is 14.8 Å². The Bertz CT molecular complexity index is 813. The van der Waals surface area contributed by atoms with Crippen LogP contribution in [0.5, 0.6) is 0 Å². The topological polar surface area (TPSA) is 56.7 Å². The molecule has 2 heterocycles. The summed E-state index contributed by atoms with van der Waals surface area (Å²) >= 11 is 6.25. The van der Waals surface area contributed by atoms with Gasteiger partial charge >= 0.3 is 0 Å². The van der Waals surface area contributed by atoms with Crippen LogP contribution in [0.3, 0.4) is 0 Å².